The van der Waals surface area contributed by atoms with Gasteiger partial charge in [0, 0.05) is 0 Å². The molecule has 0 aromatic heterocycles. The van der Waals surface area contributed by atoms with Crippen molar-refractivity contribution in [2.45, 2.75) is 74.1 Å². The lowest BCUT2D eigenvalue weighted by molar-refractivity contribution is -0.00305. The van der Waals surface area contributed by atoms with Gasteiger partial charge in [0.2, 0.25) is 0 Å². The molecule has 1 saturated carbocycles. The van der Waals surface area contributed by atoms with Gasteiger partial charge in [0.05, 0.1) is 0 Å². The Morgan fingerprint density at radius 2 is 1.20 bits per heavy atom. The largest absolute Gasteiger partial charge is 0.0628 e. The third kappa shape index (κ3) is 3.81. The zero-order chi connectivity index (χ0) is 11.9. The van der Waals surface area contributed by atoms with Gasteiger partial charge in [0.25, 0.3) is 0 Å². The Labute approximate surface area is 96.8 Å². The van der Waals surface area contributed by atoms with E-state index in [1.807, 2.05) is 0 Å². The summed E-state index contributed by atoms with van der Waals surface area (Å²) in [6.07, 6.45) is 5.58. The van der Waals surface area contributed by atoms with E-state index in [4.69, 9.17) is 0 Å². The van der Waals surface area contributed by atoms with Gasteiger partial charge in [-0.2, -0.15) is 0 Å². The second-order valence-electron chi connectivity index (χ2n) is 8.27. The Bertz CT molecular complexity index is 204. The average Bonchev–Trinajstić information content (AvgIpc) is 1.70. The first kappa shape index (κ1) is 13.1. The fraction of sp³-hybridized carbons (Fsp3) is 1.00. The molecule has 15 heavy (non-hydrogen) atoms. The lowest BCUT2D eigenvalue weighted by Gasteiger charge is -2.51. The smallest absolute Gasteiger partial charge is 0.0313 e. The van der Waals surface area contributed by atoms with Gasteiger partial charge in [0.15, 0.2) is 0 Å². The molecule has 0 atom stereocenters. The summed E-state index contributed by atoms with van der Waals surface area (Å²) in [5.41, 5.74) is 1.64. The number of rotatable bonds is 2. The maximum atomic E-state index is 2.51. The van der Waals surface area contributed by atoms with Crippen LogP contribution in [0.2, 0.25) is 0 Å². The predicted octanol–water partition coefficient (Wildman–Crippen LogP) is 5.28. The molecule has 0 heterocycles. The molecule has 0 radical (unpaired) electrons. The van der Waals surface area contributed by atoms with E-state index in [1.165, 1.54) is 25.7 Å². The zero-order valence-corrected chi connectivity index (χ0v) is 11.9. The predicted molar refractivity (Wildman–Crippen MR) is 69.0 cm³/mol. The van der Waals surface area contributed by atoms with Crippen LogP contribution in [0.5, 0.6) is 0 Å². The van der Waals surface area contributed by atoms with Gasteiger partial charge in [-0.25, -0.2) is 0 Å². The Kier molecular flexibility index (Phi) is 3.30. The van der Waals surface area contributed by atoms with E-state index in [-0.39, 0.29) is 0 Å². The van der Waals surface area contributed by atoms with Crippen LogP contribution in [0.15, 0.2) is 0 Å². The molecule has 0 aliphatic heterocycles. The van der Waals surface area contributed by atoms with Crippen LogP contribution in [-0.4, -0.2) is 0 Å². The van der Waals surface area contributed by atoms with Gasteiger partial charge < -0.3 is 0 Å². The molecule has 0 bridgehead atoms. The van der Waals surface area contributed by atoms with E-state index in [0.29, 0.717) is 16.2 Å². The van der Waals surface area contributed by atoms with Crippen molar-refractivity contribution in [1.29, 1.82) is 0 Å². The molecule has 0 nitrogen and oxygen atoms in total. The summed E-state index contributed by atoms with van der Waals surface area (Å²) in [4.78, 5) is 0. The lowest BCUT2D eigenvalue weighted by atomic mass is 9.54. The van der Waals surface area contributed by atoms with Gasteiger partial charge in [-0.15, -0.1) is 0 Å². The van der Waals surface area contributed by atoms with Crippen molar-refractivity contribution in [1.82, 2.24) is 0 Å². The molecule has 1 aliphatic rings. The summed E-state index contributed by atoms with van der Waals surface area (Å²) in [5, 5.41) is 0. The highest BCUT2D eigenvalue weighted by atomic mass is 14.5. The summed E-state index contributed by atoms with van der Waals surface area (Å²) in [6.45, 7) is 17.0. The van der Waals surface area contributed by atoms with Crippen molar-refractivity contribution < 1.29 is 0 Å². The molecule has 0 amide bonds. The van der Waals surface area contributed by atoms with E-state index in [1.54, 1.807) is 0 Å². The highest BCUT2D eigenvalue weighted by molar-refractivity contribution is 4.95. The fourth-order valence-corrected chi connectivity index (χ4v) is 4.92. The minimum atomic E-state index is 0.533. The Hall–Kier alpha value is 0. The van der Waals surface area contributed by atoms with Gasteiger partial charge in [-0.1, -0.05) is 48.5 Å². The van der Waals surface area contributed by atoms with Crippen LogP contribution in [-0.2, 0) is 0 Å². The zero-order valence-electron chi connectivity index (χ0n) is 11.9. The van der Waals surface area contributed by atoms with Gasteiger partial charge in [-0.3, -0.25) is 0 Å². The van der Waals surface area contributed by atoms with Gasteiger partial charge in [-0.05, 0) is 47.8 Å². The molecular weight excluding hydrogens is 180 g/mol. The van der Waals surface area contributed by atoms with Crippen molar-refractivity contribution in [3.63, 3.8) is 0 Å². The van der Waals surface area contributed by atoms with Crippen LogP contribution in [0, 0.1) is 22.2 Å². The van der Waals surface area contributed by atoms with Gasteiger partial charge >= 0.3 is 0 Å². The minimum absolute atomic E-state index is 0.533. The molecule has 0 aromatic carbocycles. The molecule has 0 saturated heterocycles. The lowest BCUT2D eigenvalue weighted by Crippen LogP contribution is -2.40. The molecule has 0 heteroatoms. The highest BCUT2D eigenvalue weighted by Crippen LogP contribution is 2.55. The van der Waals surface area contributed by atoms with E-state index in [0.717, 1.165) is 5.92 Å². The van der Waals surface area contributed by atoms with Crippen LogP contribution < -0.4 is 0 Å². The number of hydrogen-bond acceptors (Lipinski definition) is 0. The number of hydrogen-bond donors (Lipinski definition) is 0. The second-order valence-corrected chi connectivity index (χ2v) is 8.27. The summed E-state index contributed by atoms with van der Waals surface area (Å²) >= 11 is 0. The SMILES string of the molecule is CC(C)CC1(C)CC(C)(C)CC(C)(C)C1. The van der Waals surface area contributed by atoms with Crippen molar-refractivity contribution in [3.05, 3.63) is 0 Å². The quantitative estimate of drug-likeness (QED) is 0.582. The van der Waals surface area contributed by atoms with Crippen LogP contribution in [0.4, 0.5) is 0 Å². The van der Waals surface area contributed by atoms with Crippen molar-refractivity contribution in [2.24, 2.45) is 22.2 Å². The monoisotopic (exact) mass is 210 g/mol. The molecule has 1 aliphatic carbocycles. The normalized spacial score (nSPS) is 28.0. The first-order valence-corrected chi connectivity index (χ1v) is 6.54. The van der Waals surface area contributed by atoms with Crippen molar-refractivity contribution in [2.75, 3.05) is 0 Å². The molecule has 0 N–H and O–H groups in total. The summed E-state index contributed by atoms with van der Waals surface area (Å²) in [6, 6.07) is 0. The Morgan fingerprint density at radius 1 is 0.800 bits per heavy atom. The van der Waals surface area contributed by atoms with Gasteiger partial charge in [0.1, 0.15) is 0 Å². The molecule has 0 spiro atoms. The molecule has 1 rings (SSSR count). The Balaban J connectivity index is 2.82. The van der Waals surface area contributed by atoms with Crippen molar-refractivity contribution >= 4 is 0 Å². The van der Waals surface area contributed by atoms with Crippen LogP contribution in [0.25, 0.3) is 0 Å². The Morgan fingerprint density at radius 3 is 1.53 bits per heavy atom. The third-order valence-electron chi connectivity index (χ3n) is 3.67. The molecule has 0 unspecified atom stereocenters. The molecule has 90 valence electrons. The van der Waals surface area contributed by atoms with Crippen LogP contribution in [0.1, 0.15) is 74.1 Å². The third-order valence-corrected chi connectivity index (χ3v) is 3.67. The second kappa shape index (κ2) is 3.79. The highest BCUT2D eigenvalue weighted by Gasteiger charge is 2.44. The maximum absolute atomic E-state index is 2.51. The van der Waals surface area contributed by atoms with Crippen molar-refractivity contribution in [3.8, 4) is 0 Å². The topological polar surface area (TPSA) is 0 Å². The average molecular weight is 210 g/mol. The van der Waals surface area contributed by atoms with Crippen LogP contribution >= 0.6 is 0 Å². The summed E-state index contributed by atoms with van der Waals surface area (Å²) < 4.78 is 0. The maximum Gasteiger partial charge on any atom is -0.0313 e. The summed E-state index contributed by atoms with van der Waals surface area (Å²) in [7, 11) is 0. The van der Waals surface area contributed by atoms with E-state index < -0.39 is 0 Å². The van der Waals surface area contributed by atoms with Crippen LogP contribution in [0.3, 0.4) is 0 Å². The standard InChI is InChI=1S/C15H30/c1-12(2)8-15(7)10-13(3,4)9-14(5,6)11-15/h12H,8-11H2,1-7H3. The fourth-order valence-electron chi connectivity index (χ4n) is 4.92. The molecular formula is C15H30. The van der Waals surface area contributed by atoms with E-state index in [9.17, 15) is 0 Å². The first-order valence-electron chi connectivity index (χ1n) is 6.54. The van der Waals surface area contributed by atoms with E-state index in [2.05, 4.69) is 48.5 Å². The molecule has 0 aromatic rings. The van der Waals surface area contributed by atoms with E-state index >= 15 is 0 Å². The summed E-state index contributed by atoms with van der Waals surface area (Å²) in [5.74, 6) is 0.833. The minimum Gasteiger partial charge on any atom is -0.0628 e. The first-order chi connectivity index (χ1) is 6.54. The molecule has 1 fully saturated rings.